The first kappa shape index (κ1) is 16.3. The number of benzene rings is 1. The average Bonchev–Trinajstić information content (AvgIpc) is 2.96. The van der Waals surface area contributed by atoms with Crippen molar-refractivity contribution in [3.63, 3.8) is 0 Å². The van der Waals surface area contributed by atoms with Crippen molar-refractivity contribution in [3.05, 3.63) is 60.4 Å². The number of carbonyl (C=O) groups is 1. The van der Waals surface area contributed by atoms with E-state index in [9.17, 15) is 4.79 Å². The number of imidazole rings is 1. The highest BCUT2D eigenvalue weighted by Crippen LogP contribution is 2.18. The van der Waals surface area contributed by atoms with E-state index in [0.717, 1.165) is 48.7 Å². The third-order valence-electron chi connectivity index (χ3n) is 4.57. The third-order valence-corrected chi connectivity index (χ3v) is 4.57. The SMILES string of the molecule is O=C(/C=C\c1ccccn1)N1CCCN(c2nc3ccccc3[nH]2)CC1. The summed E-state index contributed by atoms with van der Waals surface area (Å²) in [6, 6.07) is 13.7. The van der Waals surface area contributed by atoms with Gasteiger partial charge in [-0.05, 0) is 36.8 Å². The zero-order chi connectivity index (χ0) is 17.8. The summed E-state index contributed by atoms with van der Waals surface area (Å²) in [4.78, 5) is 28.8. The van der Waals surface area contributed by atoms with Gasteiger partial charge in [-0.15, -0.1) is 0 Å². The number of hydrogen-bond acceptors (Lipinski definition) is 4. The molecule has 0 saturated carbocycles. The molecule has 1 N–H and O–H groups in total. The lowest BCUT2D eigenvalue weighted by molar-refractivity contribution is -0.125. The summed E-state index contributed by atoms with van der Waals surface area (Å²) in [6.07, 6.45) is 6.02. The van der Waals surface area contributed by atoms with Crippen LogP contribution in [0.25, 0.3) is 17.1 Å². The molecule has 6 heteroatoms. The molecule has 1 saturated heterocycles. The Kier molecular flexibility index (Phi) is 4.64. The standard InChI is InChI=1S/C20H21N5O/c26-19(10-9-16-6-3-4-11-21-16)24-12-5-13-25(15-14-24)20-22-17-7-1-2-8-18(17)23-20/h1-4,6-11H,5,12-15H2,(H,22,23)/b10-9-. The Hall–Kier alpha value is -3.15. The molecule has 3 heterocycles. The van der Waals surface area contributed by atoms with Gasteiger partial charge >= 0.3 is 0 Å². The monoisotopic (exact) mass is 347 g/mol. The summed E-state index contributed by atoms with van der Waals surface area (Å²) >= 11 is 0. The number of fused-ring (bicyclic) bond motifs is 1. The van der Waals surface area contributed by atoms with Gasteiger partial charge in [-0.1, -0.05) is 18.2 Å². The number of amides is 1. The molecule has 26 heavy (non-hydrogen) atoms. The molecule has 1 aliphatic rings. The van der Waals surface area contributed by atoms with Crippen molar-refractivity contribution in [2.24, 2.45) is 0 Å². The molecular weight excluding hydrogens is 326 g/mol. The van der Waals surface area contributed by atoms with Crippen LogP contribution in [0.1, 0.15) is 12.1 Å². The van der Waals surface area contributed by atoms with Gasteiger partial charge in [-0.3, -0.25) is 9.78 Å². The molecule has 0 aliphatic carbocycles. The van der Waals surface area contributed by atoms with E-state index in [2.05, 4.69) is 19.9 Å². The second kappa shape index (κ2) is 7.39. The van der Waals surface area contributed by atoms with E-state index < -0.39 is 0 Å². The lowest BCUT2D eigenvalue weighted by Gasteiger charge is -2.20. The van der Waals surface area contributed by atoms with E-state index in [1.165, 1.54) is 0 Å². The number of nitrogens with one attached hydrogen (secondary N) is 1. The summed E-state index contributed by atoms with van der Waals surface area (Å²) in [5.41, 5.74) is 2.80. The molecule has 0 unspecified atom stereocenters. The van der Waals surface area contributed by atoms with Crippen LogP contribution in [0.3, 0.4) is 0 Å². The van der Waals surface area contributed by atoms with Gasteiger partial charge in [0.2, 0.25) is 11.9 Å². The number of aromatic amines is 1. The second-order valence-electron chi connectivity index (χ2n) is 6.33. The molecule has 3 aromatic rings. The number of anilines is 1. The predicted molar refractivity (Wildman–Crippen MR) is 103 cm³/mol. The van der Waals surface area contributed by atoms with Crippen molar-refractivity contribution in [1.29, 1.82) is 0 Å². The molecule has 0 bridgehead atoms. The van der Waals surface area contributed by atoms with Crippen molar-refractivity contribution in [1.82, 2.24) is 19.9 Å². The van der Waals surface area contributed by atoms with Crippen LogP contribution in [0.15, 0.2) is 54.7 Å². The smallest absolute Gasteiger partial charge is 0.246 e. The molecule has 2 aromatic heterocycles. The first-order valence-corrected chi connectivity index (χ1v) is 8.87. The highest BCUT2D eigenvalue weighted by Gasteiger charge is 2.19. The van der Waals surface area contributed by atoms with E-state index in [0.29, 0.717) is 6.54 Å². The maximum absolute atomic E-state index is 12.5. The molecule has 0 atom stereocenters. The molecule has 6 nitrogen and oxygen atoms in total. The minimum atomic E-state index is 0.0297. The fourth-order valence-corrected chi connectivity index (χ4v) is 3.18. The lowest BCUT2D eigenvalue weighted by atomic mass is 10.3. The van der Waals surface area contributed by atoms with Crippen LogP contribution in [0.2, 0.25) is 0 Å². The molecule has 0 spiro atoms. The van der Waals surface area contributed by atoms with E-state index in [-0.39, 0.29) is 5.91 Å². The van der Waals surface area contributed by atoms with Gasteiger partial charge in [-0.2, -0.15) is 0 Å². The Balaban J connectivity index is 1.41. The van der Waals surface area contributed by atoms with Crippen molar-refractivity contribution < 1.29 is 4.79 Å². The minimum absolute atomic E-state index is 0.0297. The van der Waals surface area contributed by atoms with Crippen molar-refractivity contribution in [3.8, 4) is 0 Å². The van der Waals surface area contributed by atoms with E-state index in [1.807, 2.05) is 47.4 Å². The lowest BCUT2D eigenvalue weighted by Crippen LogP contribution is -2.34. The Morgan fingerprint density at radius 1 is 1.04 bits per heavy atom. The third kappa shape index (κ3) is 3.59. The number of carbonyl (C=O) groups excluding carboxylic acids is 1. The Morgan fingerprint density at radius 2 is 1.92 bits per heavy atom. The number of para-hydroxylation sites is 2. The van der Waals surface area contributed by atoms with Crippen LogP contribution in [0.4, 0.5) is 5.95 Å². The Bertz CT molecular complexity index is 885. The quantitative estimate of drug-likeness (QED) is 0.740. The first-order chi connectivity index (χ1) is 12.8. The Morgan fingerprint density at radius 3 is 2.77 bits per heavy atom. The largest absolute Gasteiger partial charge is 0.341 e. The number of hydrogen-bond donors (Lipinski definition) is 1. The van der Waals surface area contributed by atoms with Crippen LogP contribution in [-0.4, -0.2) is 51.9 Å². The molecule has 0 radical (unpaired) electrons. The van der Waals surface area contributed by atoms with Crippen LogP contribution >= 0.6 is 0 Å². The van der Waals surface area contributed by atoms with Gasteiger partial charge in [0.25, 0.3) is 0 Å². The fraction of sp³-hybridized carbons (Fsp3) is 0.250. The predicted octanol–water partition coefficient (Wildman–Crippen LogP) is 2.71. The number of aromatic nitrogens is 3. The van der Waals surface area contributed by atoms with Gasteiger partial charge in [-0.25, -0.2) is 4.98 Å². The maximum atomic E-state index is 12.5. The summed E-state index contributed by atoms with van der Waals surface area (Å²) in [6.45, 7) is 3.08. The highest BCUT2D eigenvalue weighted by molar-refractivity contribution is 5.91. The minimum Gasteiger partial charge on any atom is -0.341 e. The summed E-state index contributed by atoms with van der Waals surface area (Å²) < 4.78 is 0. The van der Waals surface area contributed by atoms with E-state index in [4.69, 9.17) is 0 Å². The molecule has 1 aromatic carbocycles. The first-order valence-electron chi connectivity index (χ1n) is 8.87. The molecule has 1 amide bonds. The fourth-order valence-electron chi connectivity index (χ4n) is 3.18. The molecule has 1 fully saturated rings. The zero-order valence-corrected chi connectivity index (χ0v) is 14.5. The Labute approximate surface area is 152 Å². The van der Waals surface area contributed by atoms with Gasteiger partial charge in [0.1, 0.15) is 0 Å². The van der Waals surface area contributed by atoms with E-state index in [1.54, 1.807) is 18.3 Å². The number of pyridine rings is 1. The molecule has 132 valence electrons. The normalized spacial score (nSPS) is 15.5. The van der Waals surface area contributed by atoms with Gasteiger partial charge in [0, 0.05) is 38.5 Å². The van der Waals surface area contributed by atoms with E-state index >= 15 is 0 Å². The van der Waals surface area contributed by atoms with Gasteiger partial charge in [0.15, 0.2) is 0 Å². The van der Waals surface area contributed by atoms with Crippen molar-refractivity contribution >= 4 is 29.0 Å². The number of nitrogens with zero attached hydrogens (tertiary/aromatic N) is 4. The summed E-state index contributed by atoms with van der Waals surface area (Å²) in [5, 5.41) is 0. The second-order valence-corrected chi connectivity index (χ2v) is 6.33. The van der Waals surface area contributed by atoms with Crippen LogP contribution in [-0.2, 0) is 4.79 Å². The van der Waals surface area contributed by atoms with Gasteiger partial charge < -0.3 is 14.8 Å². The van der Waals surface area contributed by atoms with Gasteiger partial charge in [0.05, 0.1) is 16.7 Å². The van der Waals surface area contributed by atoms with Crippen LogP contribution < -0.4 is 4.90 Å². The van der Waals surface area contributed by atoms with Crippen LogP contribution in [0.5, 0.6) is 0 Å². The molecule has 1 aliphatic heterocycles. The highest BCUT2D eigenvalue weighted by atomic mass is 16.2. The average molecular weight is 347 g/mol. The van der Waals surface area contributed by atoms with Crippen molar-refractivity contribution in [2.45, 2.75) is 6.42 Å². The zero-order valence-electron chi connectivity index (χ0n) is 14.5. The molecule has 4 rings (SSSR count). The molecular formula is C20H21N5O. The van der Waals surface area contributed by atoms with Crippen LogP contribution in [0, 0.1) is 0 Å². The summed E-state index contributed by atoms with van der Waals surface area (Å²) in [7, 11) is 0. The number of rotatable bonds is 3. The number of H-pyrrole nitrogens is 1. The van der Waals surface area contributed by atoms with Crippen molar-refractivity contribution in [2.75, 3.05) is 31.1 Å². The summed E-state index contributed by atoms with van der Waals surface area (Å²) in [5.74, 6) is 0.909. The topological polar surface area (TPSA) is 65.1 Å². The maximum Gasteiger partial charge on any atom is 0.246 e.